The molecule has 0 radical (unpaired) electrons. The number of benzene rings is 2. The smallest absolute Gasteiger partial charge is 0.326 e. The molecule has 0 fully saturated rings. The average Bonchev–Trinajstić information content (AvgIpc) is 3.30. The van der Waals surface area contributed by atoms with Crippen LogP contribution in [0.2, 0.25) is 0 Å². The van der Waals surface area contributed by atoms with E-state index in [1.54, 1.807) is 14.1 Å². The molecule has 0 aliphatic carbocycles. The van der Waals surface area contributed by atoms with Gasteiger partial charge in [-0.2, -0.15) is 5.10 Å². The third-order valence-electron chi connectivity index (χ3n) is 6.58. The summed E-state index contributed by atoms with van der Waals surface area (Å²) < 4.78 is 15.3. The Hall–Kier alpha value is -4.09. The SMILES string of the molecule is CC(C)c1c(C(=O)N(Cc2ccccc2)C(=O)N(C)C)nn(-c2ccc(F)cc2)c1CCC(O)CC(O)CC(=O)O. The molecule has 3 N–H and O–H groups in total. The van der Waals surface area contributed by atoms with Gasteiger partial charge in [-0.1, -0.05) is 44.2 Å². The molecule has 220 valence electrons. The van der Waals surface area contributed by atoms with E-state index in [2.05, 4.69) is 5.10 Å². The number of carbonyl (C=O) groups is 3. The number of urea groups is 1. The van der Waals surface area contributed by atoms with Crippen molar-refractivity contribution in [2.45, 2.75) is 64.2 Å². The van der Waals surface area contributed by atoms with Gasteiger partial charge in [-0.15, -0.1) is 0 Å². The van der Waals surface area contributed by atoms with Crippen LogP contribution in [0.5, 0.6) is 0 Å². The molecule has 0 aliphatic rings. The Morgan fingerprint density at radius 1 is 0.976 bits per heavy atom. The van der Waals surface area contributed by atoms with Gasteiger partial charge in [-0.25, -0.2) is 13.9 Å². The van der Waals surface area contributed by atoms with Crippen molar-refractivity contribution in [1.29, 1.82) is 0 Å². The van der Waals surface area contributed by atoms with Crippen LogP contribution in [0.25, 0.3) is 5.69 Å². The predicted molar refractivity (Wildman–Crippen MR) is 150 cm³/mol. The summed E-state index contributed by atoms with van der Waals surface area (Å²) >= 11 is 0. The molecule has 1 heterocycles. The molecule has 10 nitrogen and oxygen atoms in total. The van der Waals surface area contributed by atoms with Gasteiger partial charge < -0.3 is 20.2 Å². The number of hydrogen-bond acceptors (Lipinski definition) is 6. The van der Waals surface area contributed by atoms with Gasteiger partial charge in [0.05, 0.1) is 30.9 Å². The van der Waals surface area contributed by atoms with Crippen molar-refractivity contribution in [2.75, 3.05) is 14.1 Å². The standard InChI is InChI=1S/C30H37FN4O6/c1-19(2)27-25(15-14-23(36)16-24(37)17-26(38)39)35(22-12-10-21(31)11-13-22)32-28(27)29(40)34(30(41)33(3)4)18-20-8-6-5-7-9-20/h5-13,19,23-24,36-37H,14-18H2,1-4H3,(H,38,39). The first-order valence-electron chi connectivity index (χ1n) is 13.4. The van der Waals surface area contributed by atoms with Crippen molar-refractivity contribution in [1.82, 2.24) is 19.6 Å². The highest BCUT2D eigenvalue weighted by Gasteiger charge is 2.32. The first kappa shape index (κ1) is 31.4. The lowest BCUT2D eigenvalue weighted by atomic mass is 9.95. The van der Waals surface area contributed by atoms with Crippen molar-refractivity contribution >= 4 is 17.9 Å². The molecule has 2 atom stereocenters. The topological polar surface area (TPSA) is 136 Å². The zero-order valence-electron chi connectivity index (χ0n) is 23.7. The molecule has 3 aromatic rings. The van der Waals surface area contributed by atoms with E-state index in [-0.39, 0.29) is 37.4 Å². The van der Waals surface area contributed by atoms with Crippen molar-refractivity contribution < 1.29 is 34.1 Å². The number of aromatic nitrogens is 2. The lowest BCUT2D eigenvalue weighted by Crippen LogP contribution is -2.43. The van der Waals surface area contributed by atoms with Crippen LogP contribution in [0.4, 0.5) is 9.18 Å². The lowest BCUT2D eigenvalue weighted by Gasteiger charge is -2.24. The molecule has 0 saturated heterocycles. The Bertz CT molecular complexity index is 1340. The average molecular weight is 569 g/mol. The molecular formula is C30H37FN4O6. The summed E-state index contributed by atoms with van der Waals surface area (Å²) in [6.45, 7) is 3.79. The minimum Gasteiger partial charge on any atom is -0.481 e. The maximum absolute atomic E-state index is 14.1. The summed E-state index contributed by atoms with van der Waals surface area (Å²) in [5, 5.41) is 34.1. The second-order valence-corrected chi connectivity index (χ2v) is 10.5. The zero-order valence-corrected chi connectivity index (χ0v) is 23.7. The number of rotatable bonds is 12. The molecule has 0 saturated carbocycles. The van der Waals surface area contributed by atoms with Crippen LogP contribution in [-0.4, -0.2) is 79.1 Å². The Kier molecular flexibility index (Phi) is 10.7. The van der Waals surface area contributed by atoms with Crippen molar-refractivity contribution in [2.24, 2.45) is 0 Å². The number of carbonyl (C=O) groups excluding carboxylic acids is 2. The number of aliphatic hydroxyl groups excluding tert-OH is 2. The largest absolute Gasteiger partial charge is 0.481 e. The normalized spacial score (nSPS) is 12.7. The molecule has 1 aromatic heterocycles. The highest BCUT2D eigenvalue weighted by molar-refractivity contribution is 6.04. The van der Waals surface area contributed by atoms with Crippen LogP contribution < -0.4 is 0 Å². The molecule has 0 spiro atoms. The van der Waals surface area contributed by atoms with Gasteiger partial charge >= 0.3 is 12.0 Å². The molecule has 41 heavy (non-hydrogen) atoms. The highest BCUT2D eigenvalue weighted by atomic mass is 19.1. The Morgan fingerprint density at radius 2 is 1.61 bits per heavy atom. The van der Waals surface area contributed by atoms with E-state index in [4.69, 9.17) is 5.11 Å². The molecule has 0 bridgehead atoms. The van der Waals surface area contributed by atoms with Crippen molar-refractivity contribution in [3.8, 4) is 5.69 Å². The molecule has 3 rings (SSSR count). The van der Waals surface area contributed by atoms with E-state index >= 15 is 0 Å². The summed E-state index contributed by atoms with van der Waals surface area (Å²) in [5.74, 6) is -2.44. The molecule has 3 amide bonds. The summed E-state index contributed by atoms with van der Waals surface area (Å²) in [7, 11) is 3.11. The van der Waals surface area contributed by atoms with Crippen LogP contribution >= 0.6 is 0 Å². The first-order valence-corrected chi connectivity index (χ1v) is 13.4. The van der Waals surface area contributed by atoms with Gasteiger partial charge in [0.1, 0.15) is 5.82 Å². The van der Waals surface area contributed by atoms with E-state index in [1.807, 2.05) is 44.2 Å². The van der Waals surface area contributed by atoms with Crippen LogP contribution in [0.3, 0.4) is 0 Å². The highest BCUT2D eigenvalue weighted by Crippen LogP contribution is 2.30. The van der Waals surface area contributed by atoms with E-state index in [0.29, 0.717) is 16.9 Å². The zero-order chi connectivity index (χ0) is 30.3. The van der Waals surface area contributed by atoms with Crippen molar-refractivity contribution in [3.63, 3.8) is 0 Å². The predicted octanol–water partition coefficient (Wildman–Crippen LogP) is 3.98. The van der Waals surface area contributed by atoms with Gasteiger partial charge in [0.15, 0.2) is 5.69 Å². The number of aliphatic carboxylic acids is 1. The maximum Gasteiger partial charge on any atom is 0.326 e. The quantitative estimate of drug-likeness (QED) is 0.301. The summed E-state index contributed by atoms with van der Waals surface area (Å²) in [4.78, 5) is 40.6. The number of amides is 3. The molecular weight excluding hydrogens is 531 g/mol. The second kappa shape index (κ2) is 14.0. The molecule has 2 aromatic carbocycles. The molecule has 0 aliphatic heterocycles. The van der Waals surface area contributed by atoms with Gasteiger partial charge in [-0.05, 0) is 55.0 Å². The van der Waals surface area contributed by atoms with Crippen LogP contribution in [0.1, 0.15) is 66.3 Å². The number of carboxylic acids is 1. The Balaban J connectivity index is 2.07. The van der Waals surface area contributed by atoms with Crippen LogP contribution in [0.15, 0.2) is 54.6 Å². The fourth-order valence-corrected chi connectivity index (χ4v) is 4.65. The minimum atomic E-state index is -1.21. The number of hydrogen-bond donors (Lipinski definition) is 3. The van der Waals surface area contributed by atoms with E-state index in [9.17, 15) is 29.0 Å². The first-order chi connectivity index (χ1) is 19.4. The van der Waals surface area contributed by atoms with E-state index in [0.717, 1.165) is 10.5 Å². The Morgan fingerprint density at radius 3 is 2.17 bits per heavy atom. The van der Waals surface area contributed by atoms with Gasteiger partial charge in [-0.3, -0.25) is 14.5 Å². The van der Waals surface area contributed by atoms with E-state index in [1.165, 1.54) is 33.8 Å². The monoisotopic (exact) mass is 568 g/mol. The third-order valence-corrected chi connectivity index (χ3v) is 6.58. The third kappa shape index (κ3) is 8.21. The minimum absolute atomic E-state index is 0.0210. The van der Waals surface area contributed by atoms with Crippen LogP contribution in [-0.2, 0) is 17.8 Å². The number of imide groups is 1. The molecule has 2 unspecified atom stereocenters. The second-order valence-electron chi connectivity index (χ2n) is 10.5. The van der Waals surface area contributed by atoms with Crippen molar-refractivity contribution in [3.05, 3.63) is 82.9 Å². The summed E-state index contributed by atoms with van der Waals surface area (Å²) in [6, 6.07) is 14.2. The number of carboxylic acid groups (broad SMARTS) is 1. The van der Waals surface area contributed by atoms with E-state index < -0.39 is 42.4 Å². The Labute approximate surface area is 238 Å². The van der Waals surface area contributed by atoms with Crippen LogP contribution in [0, 0.1) is 5.82 Å². The summed E-state index contributed by atoms with van der Waals surface area (Å²) in [5.41, 5.74) is 2.45. The van der Waals surface area contributed by atoms with Gasteiger partial charge in [0.25, 0.3) is 5.91 Å². The number of nitrogens with zero attached hydrogens (tertiary/aromatic N) is 4. The fraction of sp³-hybridized carbons (Fsp3) is 0.400. The lowest BCUT2D eigenvalue weighted by molar-refractivity contribution is -0.139. The van der Waals surface area contributed by atoms with Gasteiger partial charge in [0, 0.05) is 25.4 Å². The summed E-state index contributed by atoms with van der Waals surface area (Å²) in [6.07, 6.45) is -2.51. The molecule has 11 heteroatoms. The maximum atomic E-state index is 14.1. The number of aliphatic hydroxyl groups is 2. The number of halogens is 1. The fourth-order valence-electron chi connectivity index (χ4n) is 4.65. The van der Waals surface area contributed by atoms with Gasteiger partial charge in [0.2, 0.25) is 0 Å².